The fourth-order valence-corrected chi connectivity index (χ4v) is 2.44. The van der Waals surface area contributed by atoms with Gasteiger partial charge in [-0.25, -0.2) is 9.78 Å². The molecule has 7 heteroatoms. The van der Waals surface area contributed by atoms with E-state index in [0.717, 1.165) is 11.4 Å². The number of rotatable bonds is 7. The maximum atomic E-state index is 10.9. The molecule has 1 unspecified atom stereocenters. The molecule has 0 saturated carbocycles. The van der Waals surface area contributed by atoms with Crippen LogP contribution in [0.2, 0.25) is 0 Å². The summed E-state index contributed by atoms with van der Waals surface area (Å²) in [5.41, 5.74) is 1.09. The molecule has 0 aliphatic carbocycles. The SMILES string of the molecule is CC(=O)NC(CCSCc1cncn1C)C(=O)O. The minimum atomic E-state index is -0.994. The van der Waals surface area contributed by atoms with Crippen LogP contribution in [0, 0.1) is 0 Å². The van der Waals surface area contributed by atoms with Gasteiger partial charge in [-0.2, -0.15) is 11.8 Å². The van der Waals surface area contributed by atoms with Gasteiger partial charge in [0, 0.05) is 31.6 Å². The van der Waals surface area contributed by atoms with Gasteiger partial charge >= 0.3 is 5.97 Å². The highest BCUT2D eigenvalue weighted by atomic mass is 32.2. The Morgan fingerprint density at radius 2 is 2.33 bits per heavy atom. The van der Waals surface area contributed by atoms with Gasteiger partial charge in [-0.1, -0.05) is 0 Å². The first-order chi connectivity index (χ1) is 8.50. The molecule has 0 bridgehead atoms. The van der Waals surface area contributed by atoms with E-state index < -0.39 is 12.0 Å². The quantitative estimate of drug-likeness (QED) is 0.711. The number of carbonyl (C=O) groups is 2. The molecule has 0 aliphatic heterocycles. The van der Waals surface area contributed by atoms with E-state index in [1.807, 2.05) is 11.6 Å². The maximum absolute atomic E-state index is 10.9. The van der Waals surface area contributed by atoms with Crippen molar-refractivity contribution in [3.8, 4) is 0 Å². The average molecular weight is 271 g/mol. The Labute approximate surface area is 110 Å². The number of hydrogen-bond donors (Lipinski definition) is 2. The molecule has 0 aliphatic rings. The number of aliphatic carboxylic acids is 1. The van der Waals surface area contributed by atoms with Crippen molar-refractivity contribution in [2.75, 3.05) is 5.75 Å². The first-order valence-corrected chi connectivity index (χ1v) is 6.69. The van der Waals surface area contributed by atoms with Crippen molar-refractivity contribution in [1.82, 2.24) is 14.9 Å². The van der Waals surface area contributed by atoms with E-state index in [4.69, 9.17) is 5.11 Å². The molecule has 6 nitrogen and oxygen atoms in total. The van der Waals surface area contributed by atoms with Gasteiger partial charge in [-0.05, 0) is 12.2 Å². The molecular formula is C11H17N3O3S. The molecule has 0 radical (unpaired) electrons. The van der Waals surface area contributed by atoms with E-state index in [1.54, 1.807) is 24.3 Å². The standard InChI is InChI=1S/C11H17N3O3S/c1-8(15)13-10(11(16)17)3-4-18-6-9-5-12-7-14(9)2/h5,7,10H,3-4,6H2,1-2H3,(H,13,15)(H,16,17). The minimum Gasteiger partial charge on any atom is -0.480 e. The second-order valence-corrected chi connectivity index (χ2v) is 5.03. The Hall–Kier alpha value is -1.50. The summed E-state index contributed by atoms with van der Waals surface area (Å²) in [4.78, 5) is 25.7. The molecule has 0 spiro atoms. The van der Waals surface area contributed by atoms with Crippen LogP contribution in [0.25, 0.3) is 0 Å². The lowest BCUT2D eigenvalue weighted by molar-refractivity contribution is -0.141. The number of nitrogens with one attached hydrogen (secondary N) is 1. The van der Waals surface area contributed by atoms with Crippen LogP contribution < -0.4 is 5.32 Å². The van der Waals surface area contributed by atoms with Crippen molar-refractivity contribution in [2.45, 2.75) is 25.1 Å². The highest BCUT2D eigenvalue weighted by molar-refractivity contribution is 7.98. The van der Waals surface area contributed by atoms with Crippen molar-refractivity contribution in [1.29, 1.82) is 0 Å². The number of carbonyl (C=O) groups excluding carboxylic acids is 1. The van der Waals surface area contributed by atoms with Crippen molar-refractivity contribution >= 4 is 23.6 Å². The van der Waals surface area contributed by atoms with Crippen LogP contribution in [0.15, 0.2) is 12.5 Å². The van der Waals surface area contributed by atoms with E-state index in [2.05, 4.69) is 10.3 Å². The Balaban J connectivity index is 2.29. The van der Waals surface area contributed by atoms with Gasteiger partial charge in [0.1, 0.15) is 6.04 Å². The zero-order chi connectivity index (χ0) is 13.5. The molecule has 1 aromatic rings. The lowest BCUT2D eigenvalue weighted by Crippen LogP contribution is -2.39. The zero-order valence-corrected chi connectivity index (χ0v) is 11.2. The smallest absolute Gasteiger partial charge is 0.326 e. The molecule has 1 aromatic heterocycles. The summed E-state index contributed by atoms with van der Waals surface area (Å²) >= 11 is 1.62. The zero-order valence-electron chi connectivity index (χ0n) is 10.4. The summed E-state index contributed by atoms with van der Waals surface area (Å²) in [6, 6.07) is -0.804. The largest absolute Gasteiger partial charge is 0.480 e. The molecule has 0 aromatic carbocycles. The Bertz CT molecular complexity index is 419. The third-order valence-electron chi connectivity index (χ3n) is 2.39. The van der Waals surface area contributed by atoms with Crippen LogP contribution in [0.3, 0.4) is 0 Å². The van der Waals surface area contributed by atoms with Crippen LogP contribution in [-0.2, 0) is 22.4 Å². The Morgan fingerprint density at radius 3 is 2.83 bits per heavy atom. The number of imidazole rings is 1. The summed E-state index contributed by atoms with van der Waals surface area (Å²) in [5, 5.41) is 11.3. The minimum absolute atomic E-state index is 0.320. The molecule has 1 atom stereocenters. The number of aryl methyl sites for hydroxylation is 1. The molecule has 18 heavy (non-hydrogen) atoms. The fraction of sp³-hybridized carbons (Fsp3) is 0.545. The molecule has 2 N–H and O–H groups in total. The topological polar surface area (TPSA) is 84.2 Å². The monoisotopic (exact) mass is 271 g/mol. The second-order valence-electron chi connectivity index (χ2n) is 3.93. The van der Waals surface area contributed by atoms with Gasteiger partial charge in [-0.3, -0.25) is 4.79 Å². The predicted octanol–water partition coefficient (Wildman–Crippen LogP) is 0.633. The number of amides is 1. The van der Waals surface area contributed by atoms with Crippen molar-refractivity contribution in [3.05, 3.63) is 18.2 Å². The van der Waals surface area contributed by atoms with Crippen LogP contribution in [0.1, 0.15) is 19.0 Å². The summed E-state index contributed by atoms with van der Waals surface area (Å²) in [5.74, 6) is 0.135. The Morgan fingerprint density at radius 1 is 1.61 bits per heavy atom. The number of aromatic nitrogens is 2. The van der Waals surface area contributed by atoms with Crippen LogP contribution in [-0.4, -0.2) is 38.3 Å². The van der Waals surface area contributed by atoms with Gasteiger partial charge in [0.25, 0.3) is 0 Å². The van der Waals surface area contributed by atoms with E-state index in [0.29, 0.717) is 12.2 Å². The van der Waals surface area contributed by atoms with Gasteiger partial charge in [0.2, 0.25) is 5.91 Å². The number of carboxylic acids is 1. The lowest BCUT2D eigenvalue weighted by Gasteiger charge is -2.12. The average Bonchev–Trinajstić information content (AvgIpc) is 2.68. The lowest BCUT2D eigenvalue weighted by atomic mass is 10.2. The number of hydrogen-bond acceptors (Lipinski definition) is 4. The van der Waals surface area contributed by atoms with Crippen molar-refractivity contribution in [2.24, 2.45) is 7.05 Å². The predicted molar refractivity (Wildman–Crippen MR) is 69.2 cm³/mol. The first kappa shape index (κ1) is 14.6. The summed E-state index contributed by atoms with van der Waals surface area (Å²) in [6.45, 7) is 1.32. The third-order valence-corrected chi connectivity index (χ3v) is 3.42. The van der Waals surface area contributed by atoms with Crippen molar-refractivity contribution < 1.29 is 14.7 Å². The second kappa shape index (κ2) is 7.05. The van der Waals surface area contributed by atoms with E-state index >= 15 is 0 Å². The van der Waals surface area contributed by atoms with Gasteiger partial charge < -0.3 is 15.0 Å². The fourth-order valence-electron chi connectivity index (χ4n) is 1.40. The van der Waals surface area contributed by atoms with Gasteiger partial charge in [-0.15, -0.1) is 0 Å². The van der Waals surface area contributed by atoms with Gasteiger partial charge in [0.05, 0.1) is 6.33 Å². The molecule has 1 amide bonds. The van der Waals surface area contributed by atoms with E-state index in [1.165, 1.54) is 6.92 Å². The van der Waals surface area contributed by atoms with E-state index in [9.17, 15) is 9.59 Å². The first-order valence-electron chi connectivity index (χ1n) is 5.53. The van der Waals surface area contributed by atoms with Crippen LogP contribution >= 0.6 is 11.8 Å². The maximum Gasteiger partial charge on any atom is 0.326 e. The molecule has 1 rings (SSSR count). The molecular weight excluding hydrogens is 254 g/mol. The normalized spacial score (nSPS) is 12.1. The molecule has 0 fully saturated rings. The number of carboxylic acid groups (broad SMARTS) is 1. The summed E-state index contributed by atoms with van der Waals surface area (Å²) in [7, 11) is 1.92. The summed E-state index contributed by atoms with van der Waals surface area (Å²) < 4.78 is 1.93. The van der Waals surface area contributed by atoms with Crippen molar-refractivity contribution in [3.63, 3.8) is 0 Å². The number of thioether (sulfide) groups is 1. The summed E-state index contributed by atoms with van der Waals surface area (Å²) in [6.07, 6.45) is 3.93. The third kappa shape index (κ3) is 4.79. The molecule has 0 saturated heterocycles. The molecule has 1 heterocycles. The van der Waals surface area contributed by atoms with Gasteiger partial charge in [0.15, 0.2) is 0 Å². The van der Waals surface area contributed by atoms with E-state index in [-0.39, 0.29) is 5.91 Å². The number of nitrogens with zero attached hydrogens (tertiary/aromatic N) is 2. The Kier molecular flexibility index (Phi) is 5.70. The molecule has 100 valence electrons. The van der Waals surface area contributed by atoms with Crippen LogP contribution in [0.4, 0.5) is 0 Å². The highest BCUT2D eigenvalue weighted by Crippen LogP contribution is 2.13. The highest BCUT2D eigenvalue weighted by Gasteiger charge is 2.17. The van der Waals surface area contributed by atoms with Crippen LogP contribution in [0.5, 0.6) is 0 Å².